The Morgan fingerprint density at radius 1 is 1.06 bits per heavy atom. The number of thiophene rings is 1. The molecule has 0 radical (unpaired) electrons. The van der Waals surface area contributed by atoms with Crippen LogP contribution in [0.1, 0.15) is 35.3 Å². The molecule has 0 aliphatic heterocycles. The Morgan fingerprint density at radius 3 is 2.56 bits per heavy atom. The number of hydrogen-bond acceptors (Lipinski definition) is 6. The van der Waals surface area contributed by atoms with E-state index in [1.807, 2.05) is 65.2 Å². The van der Waals surface area contributed by atoms with Gasteiger partial charge in [-0.1, -0.05) is 60.3 Å². The standard InChI is InChI=1S/C26H23N5OS2/c27-17-21-20-13-7-8-14-22(20)34-25(21)28-23(32)15-16-33-26-30-29-24(18-9-3-1-4-10-18)31(26)19-11-5-2-6-12-19/h1-6,9-12H,7-8,13-16H2,(H,28,32). The molecule has 1 aliphatic carbocycles. The van der Waals surface area contributed by atoms with E-state index in [1.54, 1.807) is 11.3 Å². The fraction of sp³-hybridized carbons (Fsp3) is 0.231. The maximum Gasteiger partial charge on any atom is 0.225 e. The number of para-hydroxylation sites is 1. The van der Waals surface area contributed by atoms with Crippen molar-refractivity contribution in [3.63, 3.8) is 0 Å². The smallest absolute Gasteiger partial charge is 0.225 e. The first-order valence-electron chi connectivity index (χ1n) is 11.3. The molecule has 170 valence electrons. The summed E-state index contributed by atoms with van der Waals surface area (Å²) in [6.07, 6.45) is 4.50. The number of benzene rings is 2. The zero-order chi connectivity index (χ0) is 23.3. The molecule has 34 heavy (non-hydrogen) atoms. The van der Waals surface area contributed by atoms with Gasteiger partial charge < -0.3 is 5.32 Å². The predicted molar refractivity (Wildman–Crippen MR) is 136 cm³/mol. The highest BCUT2D eigenvalue weighted by Gasteiger charge is 2.22. The zero-order valence-corrected chi connectivity index (χ0v) is 20.2. The van der Waals surface area contributed by atoms with Crippen molar-refractivity contribution in [1.29, 1.82) is 5.26 Å². The number of rotatable bonds is 7. The molecule has 0 bridgehead atoms. The second-order valence-electron chi connectivity index (χ2n) is 8.02. The summed E-state index contributed by atoms with van der Waals surface area (Å²) in [6, 6.07) is 22.3. The second kappa shape index (κ2) is 10.2. The molecule has 2 aromatic heterocycles. The maximum absolute atomic E-state index is 12.7. The van der Waals surface area contributed by atoms with Gasteiger partial charge in [-0.3, -0.25) is 9.36 Å². The van der Waals surface area contributed by atoms with Crippen LogP contribution in [0.4, 0.5) is 5.00 Å². The van der Waals surface area contributed by atoms with E-state index in [-0.39, 0.29) is 5.91 Å². The molecular formula is C26H23N5OS2. The number of anilines is 1. The number of nitrogens with zero attached hydrogens (tertiary/aromatic N) is 4. The molecule has 1 N–H and O–H groups in total. The number of hydrogen-bond donors (Lipinski definition) is 1. The molecule has 2 aromatic carbocycles. The minimum absolute atomic E-state index is 0.0864. The molecule has 8 heteroatoms. The molecule has 1 amide bonds. The van der Waals surface area contributed by atoms with Gasteiger partial charge in [0.15, 0.2) is 11.0 Å². The van der Waals surface area contributed by atoms with Crippen LogP contribution in [-0.4, -0.2) is 26.4 Å². The van der Waals surface area contributed by atoms with Gasteiger partial charge in [0, 0.05) is 28.3 Å². The van der Waals surface area contributed by atoms with E-state index >= 15 is 0 Å². The minimum atomic E-state index is -0.0864. The molecule has 0 saturated heterocycles. The van der Waals surface area contributed by atoms with Crippen molar-refractivity contribution in [3.05, 3.63) is 76.7 Å². The van der Waals surface area contributed by atoms with Gasteiger partial charge in [-0.2, -0.15) is 5.26 Å². The van der Waals surface area contributed by atoms with E-state index in [0.717, 1.165) is 53.5 Å². The number of carbonyl (C=O) groups is 1. The molecule has 6 nitrogen and oxygen atoms in total. The minimum Gasteiger partial charge on any atom is -0.317 e. The average molecular weight is 486 g/mol. The van der Waals surface area contributed by atoms with Gasteiger partial charge in [-0.15, -0.1) is 21.5 Å². The number of nitrogens with one attached hydrogen (secondary N) is 1. The molecule has 4 aromatic rings. The number of nitriles is 1. The van der Waals surface area contributed by atoms with Crippen molar-refractivity contribution >= 4 is 34.0 Å². The monoisotopic (exact) mass is 485 g/mol. The Bertz CT molecular complexity index is 1340. The topological polar surface area (TPSA) is 83.6 Å². The van der Waals surface area contributed by atoms with Crippen molar-refractivity contribution in [3.8, 4) is 23.1 Å². The lowest BCUT2D eigenvalue weighted by atomic mass is 9.96. The van der Waals surface area contributed by atoms with Gasteiger partial charge in [0.25, 0.3) is 0 Å². The van der Waals surface area contributed by atoms with Crippen molar-refractivity contribution in [2.75, 3.05) is 11.1 Å². The Hall–Kier alpha value is -3.41. The first-order valence-corrected chi connectivity index (χ1v) is 13.1. The van der Waals surface area contributed by atoms with Crippen molar-refractivity contribution in [1.82, 2.24) is 14.8 Å². The number of carbonyl (C=O) groups excluding carboxylic acids is 1. The van der Waals surface area contributed by atoms with Crippen LogP contribution in [0.2, 0.25) is 0 Å². The third-order valence-corrected chi connectivity index (χ3v) is 7.91. The Morgan fingerprint density at radius 2 is 1.79 bits per heavy atom. The fourth-order valence-corrected chi connectivity index (χ4v) is 6.29. The first-order chi connectivity index (χ1) is 16.7. The number of aryl methyl sites for hydroxylation is 1. The van der Waals surface area contributed by atoms with Crippen LogP contribution in [0.15, 0.2) is 65.8 Å². The summed E-state index contributed by atoms with van der Waals surface area (Å²) in [5.41, 5.74) is 3.74. The molecule has 1 aliphatic rings. The number of fused-ring (bicyclic) bond motifs is 1. The number of aromatic nitrogens is 3. The third kappa shape index (κ3) is 4.63. The first kappa shape index (κ1) is 22.4. The quantitative estimate of drug-likeness (QED) is 0.331. The van der Waals surface area contributed by atoms with Crippen LogP contribution < -0.4 is 5.32 Å². The van der Waals surface area contributed by atoms with Crippen molar-refractivity contribution in [2.24, 2.45) is 0 Å². The van der Waals surface area contributed by atoms with Gasteiger partial charge in [-0.25, -0.2) is 0 Å². The lowest BCUT2D eigenvalue weighted by molar-refractivity contribution is -0.115. The highest BCUT2D eigenvalue weighted by Crippen LogP contribution is 2.37. The Kier molecular flexibility index (Phi) is 6.74. The summed E-state index contributed by atoms with van der Waals surface area (Å²) < 4.78 is 2.03. The largest absolute Gasteiger partial charge is 0.317 e. The van der Waals surface area contributed by atoms with Crippen molar-refractivity contribution < 1.29 is 4.79 Å². The van der Waals surface area contributed by atoms with Gasteiger partial charge >= 0.3 is 0 Å². The van der Waals surface area contributed by atoms with Crippen LogP contribution in [0.3, 0.4) is 0 Å². The Labute approximate surface area is 206 Å². The molecule has 5 rings (SSSR count). The predicted octanol–water partition coefficient (Wildman–Crippen LogP) is 5.87. The summed E-state index contributed by atoms with van der Waals surface area (Å²) in [5.74, 6) is 1.23. The normalized spacial score (nSPS) is 12.7. The average Bonchev–Trinajstić information content (AvgIpc) is 3.46. The summed E-state index contributed by atoms with van der Waals surface area (Å²) in [5, 5.41) is 22.9. The van der Waals surface area contributed by atoms with Gasteiger partial charge in [0.2, 0.25) is 5.91 Å². The zero-order valence-electron chi connectivity index (χ0n) is 18.5. The highest BCUT2D eigenvalue weighted by molar-refractivity contribution is 7.99. The number of thioether (sulfide) groups is 1. The van der Waals surface area contributed by atoms with Crippen LogP contribution in [-0.2, 0) is 17.6 Å². The van der Waals surface area contributed by atoms with Crippen LogP contribution in [0, 0.1) is 11.3 Å². The van der Waals surface area contributed by atoms with E-state index in [1.165, 1.54) is 16.6 Å². The van der Waals surface area contributed by atoms with Gasteiger partial charge in [0.1, 0.15) is 11.1 Å². The molecular weight excluding hydrogens is 462 g/mol. The lowest BCUT2D eigenvalue weighted by Crippen LogP contribution is -2.12. The van der Waals surface area contributed by atoms with E-state index < -0.39 is 0 Å². The molecule has 2 heterocycles. The summed E-state index contributed by atoms with van der Waals surface area (Å²) in [4.78, 5) is 13.9. The van der Waals surface area contributed by atoms with Crippen LogP contribution in [0.25, 0.3) is 17.1 Å². The molecule has 0 spiro atoms. The van der Waals surface area contributed by atoms with Crippen LogP contribution in [0.5, 0.6) is 0 Å². The number of amides is 1. The van der Waals surface area contributed by atoms with E-state index in [0.29, 0.717) is 22.7 Å². The van der Waals surface area contributed by atoms with E-state index in [4.69, 9.17) is 0 Å². The molecule has 0 saturated carbocycles. The summed E-state index contributed by atoms with van der Waals surface area (Å²) >= 11 is 3.06. The lowest BCUT2D eigenvalue weighted by Gasteiger charge is -2.10. The maximum atomic E-state index is 12.7. The Balaban J connectivity index is 1.30. The summed E-state index contributed by atoms with van der Waals surface area (Å²) in [7, 11) is 0. The van der Waals surface area contributed by atoms with Crippen molar-refractivity contribution in [2.45, 2.75) is 37.3 Å². The van der Waals surface area contributed by atoms with Crippen LogP contribution >= 0.6 is 23.1 Å². The molecule has 0 atom stereocenters. The fourth-order valence-electron chi connectivity index (χ4n) is 4.14. The van der Waals surface area contributed by atoms with Gasteiger partial charge in [0.05, 0.1) is 5.56 Å². The highest BCUT2D eigenvalue weighted by atomic mass is 32.2. The SMILES string of the molecule is N#Cc1c(NC(=O)CCSc2nnc(-c3ccccc3)n2-c2ccccc2)sc2c1CCCC2. The molecule has 0 fully saturated rings. The summed E-state index contributed by atoms with van der Waals surface area (Å²) in [6.45, 7) is 0. The van der Waals surface area contributed by atoms with E-state index in [2.05, 4.69) is 21.6 Å². The second-order valence-corrected chi connectivity index (χ2v) is 10.2. The van der Waals surface area contributed by atoms with Gasteiger partial charge in [-0.05, 0) is 43.4 Å². The van der Waals surface area contributed by atoms with E-state index in [9.17, 15) is 10.1 Å². The molecule has 0 unspecified atom stereocenters. The third-order valence-electron chi connectivity index (χ3n) is 5.78.